The third-order valence-electron chi connectivity index (χ3n) is 3.37. The van der Waals surface area contributed by atoms with Crippen LogP contribution in [-0.2, 0) is 11.0 Å². The molecule has 0 aliphatic heterocycles. The first kappa shape index (κ1) is 18.9. The molecule has 0 fully saturated rings. The van der Waals surface area contributed by atoms with Crippen LogP contribution in [0, 0.1) is 6.92 Å². The molecule has 0 aliphatic carbocycles. The molecule has 1 aromatic carbocycles. The van der Waals surface area contributed by atoms with Crippen LogP contribution in [0.25, 0.3) is 11.0 Å². The van der Waals surface area contributed by atoms with E-state index < -0.39 is 15.7 Å². The minimum absolute atomic E-state index is 0.0677. The zero-order chi connectivity index (χ0) is 18.1. The van der Waals surface area contributed by atoms with Crippen molar-refractivity contribution in [3.05, 3.63) is 39.5 Å². The van der Waals surface area contributed by atoms with Gasteiger partial charge in [0.15, 0.2) is 10.5 Å². The van der Waals surface area contributed by atoms with E-state index in [0.29, 0.717) is 21.8 Å². The molecule has 0 saturated carbocycles. The second-order valence-corrected chi connectivity index (χ2v) is 9.76. The summed E-state index contributed by atoms with van der Waals surface area (Å²) in [7, 11) is -1.37. The van der Waals surface area contributed by atoms with Gasteiger partial charge < -0.3 is 4.42 Å². The van der Waals surface area contributed by atoms with E-state index >= 15 is 0 Å². The summed E-state index contributed by atoms with van der Waals surface area (Å²) in [4.78, 5) is 12.4. The van der Waals surface area contributed by atoms with Gasteiger partial charge in [0, 0.05) is 11.6 Å². The summed E-state index contributed by atoms with van der Waals surface area (Å²) in [6, 6.07) is 5.27. The minimum atomic E-state index is -1.37. The number of aryl methyl sites for hydroxylation is 1. The van der Waals surface area contributed by atoms with E-state index in [1.807, 2.05) is 46.8 Å². The summed E-state index contributed by atoms with van der Waals surface area (Å²) in [6.45, 7) is 11.4. The fourth-order valence-corrected chi connectivity index (χ4v) is 3.41. The molecule has 0 saturated heterocycles. The van der Waals surface area contributed by atoms with E-state index in [1.54, 1.807) is 6.92 Å². The van der Waals surface area contributed by atoms with E-state index in [9.17, 15) is 9.00 Å². The number of hydrogen-bond donors (Lipinski definition) is 0. The van der Waals surface area contributed by atoms with Crippen LogP contribution < -0.4 is 5.43 Å². The normalized spacial score (nSPS) is 14.2. The predicted octanol–water partition coefficient (Wildman–Crippen LogP) is 4.48. The first-order valence-corrected chi connectivity index (χ1v) is 9.91. The maximum atomic E-state index is 12.4. The van der Waals surface area contributed by atoms with Gasteiger partial charge in [0.05, 0.1) is 15.8 Å². The van der Waals surface area contributed by atoms with Gasteiger partial charge in [-0.15, -0.1) is 0 Å². The smallest absolute Gasteiger partial charge is 0.193 e. The van der Waals surface area contributed by atoms with E-state index in [2.05, 4.69) is 4.40 Å². The number of rotatable bonds is 4. The molecular formula is C18H23NO3S2. The number of fused-ring (bicyclic) bond motifs is 1. The summed E-state index contributed by atoms with van der Waals surface area (Å²) < 4.78 is 22.2. The molecule has 2 aromatic rings. The molecule has 0 bridgehead atoms. The number of thioether (sulfide) groups is 1. The Kier molecular flexibility index (Phi) is 5.71. The average Bonchev–Trinajstić information content (AvgIpc) is 2.46. The van der Waals surface area contributed by atoms with Gasteiger partial charge in [-0.05, 0) is 58.1 Å². The number of benzene rings is 1. The highest BCUT2D eigenvalue weighted by atomic mass is 32.2. The van der Waals surface area contributed by atoms with Crippen LogP contribution in [0.2, 0.25) is 0 Å². The van der Waals surface area contributed by atoms with Crippen LogP contribution in [0.5, 0.6) is 0 Å². The van der Waals surface area contributed by atoms with Crippen molar-refractivity contribution in [2.75, 3.05) is 5.75 Å². The minimum Gasteiger partial charge on any atom is -0.449 e. The van der Waals surface area contributed by atoms with Crippen molar-refractivity contribution in [1.82, 2.24) is 0 Å². The summed E-state index contributed by atoms with van der Waals surface area (Å²) in [5.74, 6) is 0.816. The first-order valence-electron chi connectivity index (χ1n) is 7.82. The molecule has 6 heteroatoms. The molecule has 1 aromatic heterocycles. The third kappa shape index (κ3) is 4.16. The Hall–Kier alpha value is -1.40. The number of nitrogens with zero attached hydrogens (tertiary/aromatic N) is 1. The van der Waals surface area contributed by atoms with Crippen LogP contribution in [0.3, 0.4) is 0 Å². The van der Waals surface area contributed by atoms with E-state index in [0.717, 1.165) is 16.9 Å². The lowest BCUT2D eigenvalue weighted by atomic mass is 10.0. The van der Waals surface area contributed by atoms with Gasteiger partial charge in [-0.2, -0.15) is 4.40 Å². The van der Waals surface area contributed by atoms with Crippen molar-refractivity contribution in [2.24, 2.45) is 4.40 Å². The highest BCUT2D eigenvalue weighted by Crippen LogP contribution is 2.26. The topological polar surface area (TPSA) is 59.6 Å². The van der Waals surface area contributed by atoms with E-state index in [1.165, 1.54) is 17.8 Å². The highest BCUT2D eigenvalue weighted by Gasteiger charge is 2.20. The van der Waals surface area contributed by atoms with Gasteiger partial charge in [0.2, 0.25) is 0 Å². The first-order chi connectivity index (χ1) is 11.1. The van der Waals surface area contributed by atoms with Crippen molar-refractivity contribution in [3.63, 3.8) is 0 Å². The summed E-state index contributed by atoms with van der Waals surface area (Å²) in [5, 5.41) is 1.12. The molecule has 130 valence electrons. The van der Waals surface area contributed by atoms with Crippen LogP contribution in [-0.4, -0.2) is 20.4 Å². The van der Waals surface area contributed by atoms with Crippen molar-refractivity contribution in [2.45, 2.75) is 51.4 Å². The molecule has 1 unspecified atom stereocenters. The monoisotopic (exact) mass is 365 g/mol. The van der Waals surface area contributed by atoms with Crippen LogP contribution in [0.15, 0.2) is 36.9 Å². The summed E-state index contributed by atoms with van der Waals surface area (Å²) in [6.07, 6.45) is 0. The Labute approximate surface area is 149 Å². The fourth-order valence-electron chi connectivity index (χ4n) is 2.17. The molecule has 4 nitrogen and oxygen atoms in total. The lowest BCUT2D eigenvalue weighted by molar-refractivity contribution is 0.499. The van der Waals surface area contributed by atoms with E-state index in [-0.39, 0.29) is 5.43 Å². The second kappa shape index (κ2) is 7.23. The van der Waals surface area contributed by atoms with Gasteiger partial charge in [0.25, 0.3) is 0 Å². The van der Waals surface area contributed by atoms with Crippen LogP contribution >= 0.6 is 11.8 Å². The van der Waals surface area contributed by atoms with Crippen molar-refractivity contribution < 1.29 is 8.63 Å². The third-order valence-corrected chi connectivity index (χ3v) is 5.63. The molecule has 2 rings (SSSR count). The van der Waals surface area contributed by atoms with Gasteiger partial charge in [-0.25, -0.2) is 4.21 Å². The van der Waals surface area contributed by atoms with Gasteiger partial charge in [-0.1, -0.05) is 18.7 Å². The molecule has 0 radical (unpaired) electrons. The second-order valence-electron chi connectivity index (χ2n) is 6.59. The van der Waals surface area contributed by atoms with Gasteiger partial charge >= 0.3 is 0 Å². The molecule has 0 N–H and O–H groups in total. The predicted molar refractivity (Wildman–Crippen MR) is 104 cm³/mol. The van der Waals surface area contributed by atoms with Crippen molar-refractivity contribution in [3.8, 4) is 0 Å². The molecule has 0 amide bonds. The average molecular weight is 366 g/mol. The SMILES string of the molecule is CCSc1cc(=O)c2cc(C)cc(C(C)=NS(=O)C(C)(C)C)c2o1. The standard InChI is InChI=1S/C18H23NO3S2/c1-7-23-16-10-15(20)14-9-11(2)8-13(17(14)22-16)12(3)19-24(21)18(4,5)6/h8-10H,7H2,1-6H3. The Morgan fingerprint density at radius 1 is 1.29 bits per heavy atom. The Bertz CT molecular complexity index is 876. The lowest BCUT2D eigenvalue weighted by Gasteiger charge is -2.15. The van der Waals surface area contributed by atoms with Crippen LogP contribution in [0.1, 0.15) is 45.7 Å². The zero-order valence-corrected chi connectivity index (χ0v) is 16.6. The highest BCUT2D eigenvalue weighted by molar-refractivity contribution is 7.99. The molecular weight excluding hydrogens is 342 g/mol. The van der Waals surface area contributed by atoms with Crippen molar-refractivity contribution >= 4 is 39.4 Å². The molecule has 1 heterocycles. The van der Waals surface area contributed by atoms with Crippen LogP contribution in [0.4, 0.5) is 0 Å². The summed E-state index contributed by atoms with van der Waals surface area (Å²) >= 11 is 1.48. The lowest BCUT2D eigenvalue weighted by Crippen LogP contribution is -2.20. The zero-order valence-electron chi connectivity index (χ0n) is 14.9. The fraction of sp³-hybridized carbons (Fsp3) is 0.444. The molecule has 0 spiro atoms. The maximum absolute atomic E-state index is 12.4. The Morgan fingerprint density at radius 2 is 1.96 bits per heavy atom. The molecule has 1 atom stereocenters. The van der Waals surface area contributed by atoms with Gasteiger partial charge in [0.1, 0.15) is 16.6 Å². The van der Waals surface area contributed by atoms with Gasteiger partial charge in [-0.3, -0.25) is 4.79 Å². The molecule has 24 heavy (non-hydrogen) atoms. The summed E-state index contributed by atoms with van der Waals surface area (Å²) in [5.41, 5.74) is 2.71. The van der Waals surface area contributed by atoms with E-state index in [4.69, 9.17) is 4.42 Å². The quantitative estimate of drug-likeness (QED) is 0.592. The Morgan fingerprint density at radius 3 is 2.54 bits per heavy atom. The number of hydrogen-bond acceptors (Lipinski definition) is 4. The Balaban J connectivity index is 2.71. The van der Waals surface area contributed by atoms with Crippen molar-refractivity contribution in [1.29, 1.82) is 0 Å². The maximum Gasteiger partial charge on any atom is 0.193 e. The largest absolute Gasteiger partial charge is 0.449 e. The molecule has 0 aliphatic rings.